The lowest BCUT2D eigenvalue weighted by Gasteiger charge is -2.25. The van der Waals surface area contributed by atoms with Crippen molar-refractivity contribution >= 4 is 40.1 Å². The summed E-state index contributed by atoms with van der Waals surface area (Å²) in [5.41, 5.74) is 2.89. The third-order valence-electron chi connectivity index (χ3n) is 6.67. The predicted molar refractivity (Wildman–Crippen MR) is 148 cm³/mol. The largest absolute Gasteiger partial charge is 0.489 e. The fourth-order valence-electron chi connectivity index (χ4n) is 4.80. The van der Waals surface area contributed by atoms with Crippen LogP contribution in [0.5, 0.6) is 5.75 Å². The fraction of sp³-hybridized carbons (Fsp3) is 0.0968. The number of amides is 1. The van der Waals surface area contributed by atoms with Crippen molar-refractivity contribution in [3.05, 3.63) is 145 Å². The average Bonchev–Trinajstić information content (AvgIpc) is 3.21. The number of carbonyl (C=O) groups excluding carboxylic acids is 1. The van der Waals surface area contributed by atoms with Crippen molar-refractivity contribution in [1.29, 1.82) is 0 Å². The minimum Gasteiger partial charge on any atom is -0.489 e. The molecule has 6 rings (SSSR count). The highest BCUT2D eigenvalue weighted by atomic mass is 35.5. The van der Waals surface area contributed by atoms with Crippen LogP contribution < -0.4 is 10.2 Å². The Morgan fingerprint density at radius 1 is 0.842 bits per heavy atom. The molecule has 0 saturated carbocycles. The molecule has 1 atom stereocenters. The minimum absolute atomic E-state index is 0.0336. The molecular formula is C31H21Cl2NO4. The number of hydrogen-bond acceptors (Lipinski definition) is 4. The summed E-state index contributed by atoms with van der Waals surface area (Å²) in [6.45, 7) is 0.635. The molecule has 0 radical (unpaired) electrons. The Bertz CT molecular complexity index is 1710. The van der Waals surface area contributed by atoms with Crippen LogP contribution in [0, 0.1) is 0 Å². The Hall–Kier alpha value is -4.06. The third-order valence-corrected chi connectivity index (χ3v) is 7.27. The van der Waals surface area contributed by atoms with E-state index in [1.54, 1.807) is 29.2 Å². The van der Waals surface area contributed by atoms with Gasteiger partial charge >= 0.3 is 0 Å². The summed E-state index contributed by atoms with van der Waals surface area (Å²) >= 11 is 12.6. The molecule has 1 aromatic heterocycles. The predicted octanol–water partition coefficient (Wildman–Crippen LogP) is 7.42. The molecule has 0 N–H and O–H groups in total. The molecule has 0 aliphatic carbocycles. The number of fused-ring (bicyclic) bond motifs is 2. The minimum atomic E-state index is -0.670. The summed E-state index contributed by atoms with van der Waals surface area (Å²) in [7, 11) is 0. The maximum Gasteiger partial charge on any atom is 0.291 e. The van der Waals surface area contributed by atoms with Crippen LogP contribution in [0.2, 0.25) is 10.0 Å². The van der Waals surface area contributed by atoms with E-state index in [4.69, 9.17) is 32.4 Å². The van der Waals surface area contributed by atoms with Gasteiger partial charge in [0.15, 0.2) is 5.43 Å². The van der Waals surface area contributed by atoms with Gasteiger partial charge in [0.25, 0.3) is 5.91 Å². The molecule has 0 bridgehead atoms. The van der Waals surface area contributed by atoms with E-state index in [0.29, 0.717) is 33.4 Å². The first kappa shape index (κ1) is 24.3. The van der Waals surface area contributed by atoms with E-state index in [2.05, 4.69) is 0 Å². The van der Waals surface area contributed by atoms with Crippen LogP contribution in [0.25, 0.3) is 11.0 Å². The standard InChI is InChI=1S/C31H21Cl2NO4/c32-22-12-15-26-24(16-22)29(35)27-28(20-10-13-23(14-11-20)37-18-19-6-2-1-3-7-19)34(31(36)30(27)38-26)17-21-8-4-5-9-25(21)33/h1-16,28H,17-18H2. The number of carbonyl (C=O) groups is 1. The molecule has 2 heterocycles. The number of rotatable bonds is 6. The summed E-state index contributed by atoms with van der Waals surface area (Å²) in [6, 6.07) is 28.8. The highest BCUT2D eigenvalue weighted by Crippen LogP contribution is 2.40. The highest BCUT2D eigenvalue weighted by molar-refractivity contribution is 6.31. The van der Waals surface area contributed by atoms with Crippen molar-refractivity contribution in [3.63, 3.8) is 0 Å². The van der Waals surface area contributed by atoms with Crippen LogP contribution in [-0.2, 0) is 13.2 Å². The zero-order valence-electron chi connectivity index (χ0n) is 20.1. The van der Waals surface area contributed by atoms with Gasteiger partial charge in [-0.1, -0.05) is 83.9 Å². The van der Waals surface area contributed by atoms with Gasteiger partial charge in [-0.05, 0) is 53.1 Å². The van der Waals surface area contributed by atoms with Gasteiger partial charge in [-0.15, -0.1) is 0 Å². The van der Waals surface area contributed by atoms with Crippen LogP contribution in [0.4, 0.5) is 0 Å². The third kappa shape index (κ3) is 4.44. The monoisotopic (exact) mass is 541 g/mol. The van der Waals surface area contributed by atoms with Crippen molar-refractivity contribution in [3.8, 4) is 5.75 Å². The van der Waals surface area contributed by atoms with E-state index in [-0.39, 0.29) is 29.2 Å². The first-order valence-corrected chi connectivity index (χ1v) is 12.8. The molecule has 7 heteroatoms. The zero-order valence-corrected chi connectivity index (χ0v) is 21.6. The molecule has 1 aliphatic heterocycles. The van der Waals surface area contributed by atoms with E-state index in [1.165, 1.54) is 0 Å². The first-order chi connectivity index (χ1) is 18.5. The van der Waals surface area contributed by atoms with Crippen LogP contribution in [0.3, 0.4) is 0 Å². The fourth-order valence-corrected chi connectivity index (χ4v) is 5.17. The van der Waals surface area contributed by atoms with Gasteiger partial charge in [-0.25, -0.2) is 0 Å². The van der Waals surface area contributed by atoms with Gasteiger partial charge in [-0.2, -0.15) is 0 Å². The topological polar surface area (TPSA) is 59.8 Å². The van der Waals surface area contributed by atoms with E-state index in [9.17, 15) is 9.59 Å². The summed E-state index contributed by atoms with van der Waals surface area (Å²) < 4.78 is 11.9. The quantitative estimate of drug-likeness (QED) is 0.224. The molecule has 1 amide bonds. The molecule has 0 fully saturated rings. The first-order valence-electron chi connectivity index (χ1n) is 12.1. The van der Waals surface area contributed by atoms with Crippen LogP contribution in [0.1, 0.15) is 38.9 Å². The van der Waals surface area contributed by atoms with Gasteiger partial charge in [0.05, 0.1) is 17.0 Å². The molecule has 1 unspecified atom stereocenters. The second kappa shape index (κ2) is 10.0. The normalized spacial score (nSPS) is 14.6. The molecular weight excluding hydrogens is 521 g/mol. The Morgan fingerprint density at radius 3 is 2.34 bits per heavy atom. The number of hydrogen-bond donors (Lipinski definition) is 0. The van der Waals surface area contributed by atoms with Gasteiger partial charge in [0.1, 0.15) is 17.9 Å². The Balaban J connectivity index is 1.42. The zero-order chi connectivity index (χ0) is 26.2. The number of benzene rings is 4. The van der Waals surface area contributed by atoms with E-state index in [1.807, 2.05) is 72.8 Å². The molecule has 0 saturated heterocycles. The second-order valence-electron chi connectivity index (χ2n) is 9.08. The van der Waals surface area contributed by atoms with Crippen molar-refractivity contribution in [2.24, 2.45) is 0 Å². The molecule has 38 heavy (non-hydrogen) atoms. The van der Waals surface area contributed by atoms with Crippen molar-refractivity contribution in [2.75, 3.05) is 0 Å². The molecule has 0 spiro atoms. The summed E-state index contributed by atoms with van der Waals surface area (Å²) in [4.78, 5) is 29.1. The molecule has 5 aromatic rings. The molecule has 188 valence electrons. The Labute approximate surface area is 228 Å². The maximum absolute atomic E-state index is 13.7. The summed E-state index contributed by atoms with van der Waals surface area (Å²) in [6.07, 6.45) is 0. The van der Waals surface area contributed by atoms with E-state index in [0.717, 1.165) is 16.7 Å². The van der Waals surface area contributed by atoms with E-state index < -0.39 is 6.04 Å². The van der Waals surface area contributed by atoms with Crippen molar-refractivity contribution in [1.82, 2.24) is 4.90 Å². The maximum atomic E-state index is 13.7. The second-order valence-corrected chi connectivity index (χ2v) is 9.93. The van der Waals surface area contributed by atoms with Crippen LogP contribution in [0.15, 0.2) is 106 Å². The Kier molecular flexibility index (Phi) is 6.40. The van der Waals surface area contributed by atoms with Crippen molar-refractivity contribution in [2.45, 2.75) is 19.2 Å². The van der Waals surface area contributed by atoms with Crippen LogP contribution in [-0.4, -0.2) is 10.8 Å². The number of halogens is 2. The Morgan fingerprint density at radius 2 is 1.58 bits per heavy atom. The lowest BCUT2D eigenvalue weighted by molar-refractivity contribution is 0.0714. The van der Waals surface area contributed by atoms with Gasteiger partial charge < -0.3 is 14.1 Å². The van der Waals surface area contributed by atoms with Gasteiger partial charge in [0, 0.05) is 16.6 Å². The SMILES string of the molecule is O=C1c2oc3ccc(Cl)cc3c(=O)c2C(c2ccc(OCc3ccccc3)cc2)N1Cc1ccccc1Cl. The summed E-state index contributed by atoms with van der Waals surface area (Å²) in [5.74, 6) is 0.340. The van der Waals surface area contributed by atoms with Gasteiger partial charge in [-0.3, -0.25) is 9.59 Å². The molecule has 4 aromatic carbocycles. The highest BCUT2D eigenvalue weighted by Gasteiger charge is 2.43. The summed E-state index contributed by atoms with van der Waals surface area (Å²) in [5, 5.41) is 1.28. The lowest BCUT2D eigenvalue weighted by Crippen LogP contribution is -2.29. The average molecular weight is 542 g/mol. The van der Waals surface area contributed by atoms with Gasteiger partial charge in [0.2, 0.25) is 5.76 Å². The smallest absolute Gasteiger partial charge is 0.291 e. The molecule has 5 nitrogen and oxygen atoms in total. The van der Waals surface area contributed by atoms with Crippen LogP contribution >= 0.6 is 23.2 Å². The number of ether oxygens (including phenoxy) is 1. The molecule has 1 aliphatic rings. The lowest BCUT2D eigenvalue weighted by atomic mass is 9.98. The van der Waals surface area contributed by atoms with E-state index >= 15 is 0 Å². The van der Waals surface area contributed by atoms with Crippen molar-refractivity contribution < 1.29 is 13.9 Å². The number of nitrogens with zero attached hydrogens (tertiary/aromatic N) is 1.